The molecule has 8 heteroatoms. The Balaban J connectivity index is 1.30. The van der Waals surface area contributed by atoms with Gasteiger partial charge in [0.05, 0.1) is 5.25 Å². The average Bonchev–Trinajstić information content (AvgIpc) is 3.18. The Morgan fingerprint density at radius 1 is 1.00 bits per heavy atom. The summed E-state index contributed by atoms with van der Waals surface area (Å²) in [5.74, 6) is 0.0967. The van der Waals surface area contributed by atoms with E-state index in [9.17, 15) is 9.59 Å². The molecule has 3 aromatic rings. The van der Waals surface area contributed by atoms with Crippen molar-refractivity contribution in [1.29, 1.82) is 0 Å². The molecule has 1 N–H and O–H groups in total. The van der Waals surface area contributed by atoms with E-state index in [-0.39, 0.29) is 16.8 Å². The lowest BCUT2D eigenvalue weighted by Crippen LogP contribution is -2.50. The summed E-state index contributed by atoms with van der Waals surface area (Å²) in [5, 5.41) is 6.96. The first-order valence-corrected chi connectivity index (χ1v) is 11.9. The summed E-state index contributed by atoms with van der Waals surface area (Å²) in [6, 6.07) is 20.5. The van der Waals surface area contributed by atoms with Gasteiger partial charge in [0.15, 0.2) is 5.16 Å². The number of carbonyl (C=O) groups excluding carboxylic acids is 1. The zero-order valence-electron chi connectivity index (χ0n) is 18.3. The number of aromatic amines is 1. The summed E-state index contributed by atoms with van der Waals surface area (Å²) >= 11 is 1.35. The van der Waals surface area contributed by atoms with E-state index in [1.165, 1.54) is 17.3 Å². The molecule has 7 nitrogen and oxygen atoms in total. The van der Waals surface area contributed by atoms with Crippen LogP contribution >= 0.6 is 11.8 Å². The molecular formula is C24H29N5O2S. The van der Waals surface area contributed by atoms with Crippen LogP contribution in [0.4, 0.5) is 0 Å². The summed E-state index contributed by atoms with van der Waals surface area (Å²) in [6.07, 6.45) is 0.736. The van der Waals surface area contributed by atoms with E-state index in [4.69, 9.17) is 0 Å². The molecule has 168 valence electrons. The molecule has 1 aliphatic rings. The van der Waals surface area contributed by atoms with Crippen LogP contribution in [-0.2, 0) is 24.3 Å². The van der Waals surface area contributed by atoms with Crippen LogP contribution in [0.15, 0.2) is 70.6 Å². The predicted molar refractivity (Wildman–Crippen MR) is 127 cm³/mol. The maximum absolute atomic E-state index is 13.0. The fourth-order valence-electron chi connectivity index (χ4n) is 3.91. The van der Waals surface area contributed by atoms with Crippen LogP contribution < -0.4 is 5.69 Å². The van der Waals surface area contributed by atoms with Gasteiger partial charge in [-0.05, 0) is 24.5 Å². The van der Waals surface area contributed by atoms with Gasteiger partial charge in [-0.3, -0.25) is 14.3 Å². The first-order valence-electron chi connectivity index (χ1n) is 11.0. The Labute approximate surface area is 192 Å². The lowest BCUT2D eigenvalue weighted by molar-refractivity contribution is -0.132. The van der Waals surface area contributed by atoms with Crippen LogP contribution in [0.1, 0.15) is 18.1 Å². The summed E-state index contributed by atoms with van der Waals surface area (Å²) < 4.78 is 1.62. The summed E-state index contributed by atoms with van der Waals surface area (Å²) in [5.41, 5.74) is 2.22. The van der Waals surface area contributed by atoms with Crippen LogP contribution in [0.25, 0.3) is 0 Å². The molecule has 1 unspecified atom stereocenters. The quantitative estimate of drug-likeness (QED) is 0.533. The van der Waals surface area contributed by atoms with Crippen LogP contribution in [0.3, 0.4) is 0 Å². The van der Waals surface area contributed by atoms with Gasteiger partial charge in [-0.25, -0.2) is 9.89 Å². The first kappa shape index (κ1) is 22.4. The first-order chi connectivity index (χ1) is 15.6. The van der Waals surface area contributed by atoms with Crippen LogP contribution in [0.5, 0.6) is 0 Å². The minimum atomic E-state index is -0.304. The van der Waals surface area contributed by atoms with Gasteiger partial charge in [-0.2, -0.15) is 0 Å². The highest BCUT2D eigenvalue weighted by molar-refractivity contribution is 8.00. The fraction of sp³-hybridized carbons (Fsp3) is 0.375. The van der Waals surface area contributed by atoms with Crippen molar-refractivity contribution in [2.75, 3.05) is 26.2 Å². The number of amides is 1. The number of piperazine rings is 1. The van der Waals surface area contributed by atoms with Crippen LogP contribution in [-0.4, -0.2) is 61.9 Å². The van der Waals surface area contributed by atoms with E-state index in [1.807, 2.05) is 48.2 Å². The molecule has 4 rings (SSSR count). The van der Waals surface area contributed by atoms with Crippen molar-refractivity contribution >= 4 is 17.7 Å². The fourth-order valence-corrected chi connectivity index (χ4v) is 4.88. The third-order valence-electron chi connectivity index (χ3n) is 5.75. The van der Waals surface area contributed by atoms with Crippen LogP contribution in [0, 0.1) is 0 Å². The van der Waals surface area contributed by atoms with Crippen molar-refractivity contribution in [3.8, 4) is 0 Å². The van der Waals surface area contributed by atoms with Crippen molar-refractivity contribution in [2.45, 2.75) is 36.8 Å². The number of benzene rings is 2. The number of aromatic nitrogens is 3. The molecule has 2 heterocycles. The third-order valence-corrected chi connectivity index (χ3v) is 6.83. The summed E-state index contributed by atoms with van der Waals surface area (Å²) in [4.78, 5) is 29.6. The largest absolute Gasteiger partial charge is 0.343 e. The number of nitrogens with zero attached hydrogens (tertiary/aromatic N) is 4. The second kappa shape index (κ2) is 10.7. The Bertz CT molecular complexity index is 1060. The second-order valence-electron chi connectivity index (χ2n) is 8.05. The molecule has 1 saturated heterocycles. The van der Waals surface area contributed by atoms with Crippen LogP contribution in [0.2, 0.25) is 0 Å². The minimum Gasteiger partial charge on any atom is -0.339 e. The smallest absolute Gasteiger partial charge is 0.339 e. The SMILES string of the molecule is CC(Sc1n[nH]c(=O)n1CCc1ccccc1)C(=O)N1CCN(Cc2ccccc2)CC1. The molecule has 0 saturated carbocycles. The van der Waals surface area contributed by atoms with E-state index >= 15 is 0 Å². The van der Waals surface area contributed by atoms with Gasteiger partial charge in [-0.1, -0.05) is 72.4 Å². The van der Waals surface area contributed by atoms with Gasteiger partial charge in [0.25, 0.3) is 0 Å². The molecule has 1 aromatic heterocycles. The lowest BCUT2D eigenvalue weighted by atomic mass is 10.1. The molecule has 0 radical (unpaired) electrons. The van der Waals surface area contributed by atoms with Gasteiger partial charge in [0.2, 0.25) is 5.91 Å². The molecule has 0 aliphatic carbocycles. The van der Waals surface area contributed by atoms with E-state index in [0.29, 0.717) is 11.7 Å². The highest BCUT2D eigenvalue weighted by atomic mass is 32.2. The van der Waals surface area contributed by atoms with E-state index in [0.717, 1.165) is 44.7 Å². The lowest BCUT2D eigenvalue weighted by Gasteiger charge is -2.35. The molecule has 0 bridgehead atoms. The average molecular weight is 452 g/mol. The van der Waals surface area contributed by atoms with Gasteiger partial charge < -0.3 is 4.90 Å². The number of H-pyrrole nitrogens is 1. The van der Waals surface area contributed by atoms with Crippen molar-refractivity contribution < 1.29 is 4.79 Å². The van der Waals surface area contributed by atoms with Crippen molar-refractivity contribution in [3.63, 3.8) is 0 Å². The van der Waals surface area contributed by atoms with Gasteiger partial charge in [0, 0.05) is 39.3 Å². The monoisotopic (exact) mass is 451 g/mol. The minimum absolute atomic E-state index is 0.0967. The van der Waals surface area contributed by atoms with Gasteiger partial charge in [-0.15, -0.1) is 5.10 Å². The van der Waals surface area contributed by atoms with E-state index in [1.54, 1.807) is 4.57 Å². The van der Waals surface area contributed by atoms with Crippen molar-refractivity contribution in [1.82, 2.24) is 24.6 Å². The number of carbonyl (C=O) groups is 1. The Morgan fingerprint density at radius 2 is 1.62 bits per heavy atom. The highest BCUT2D eigenvalue weighted by Gasteiger charge is 2.27. The Morgan fingerprint density at radius 3 is 2.28 bits per heavy atom. The van der Waals surface area contributed by atoms with Crippen molar-refractivity contribution in [2.24, 2.45) is 0 Å². The molecule has 1 amide bonds. The topological polar surface area (TPSA) is 74.2 Å². The van der Waals surface area contributed by atoms with Crippen molar-refractivity contribution in [3.05, 3.63) is 82.3 Å². The molecular weight excluding hydrogens is 422 g/mol. The third kappa shape index (κ3) is 5.69. The maximum Gasteiger partial charge on any atom is 0.343 e. The number of nitrogens with one attached hydrogen (secondary N) is 1. The number of rotatable bonds is 8. The number of thioether (sulfide) groups is 1. The molecule has 32 heavy (non-hydrogen) atoms. The normalized spacial score (nSPS) is 15.6. The maximum atomic E-state index is 13.0. The number of hydrogen-bond donors (Lipinski definition) is 1. The highest BCUT2D eigenvalue weighted by Crippen LogP contribution is 2.22. The van der Waals surface area contributed by atoms with Gasteiger partial charge >= 0.3 is 5.69 Å². The molecule has 1 fully saturated rings. The summed E-state index contributed by atoms with van der Waals surface area (Å²) in [7, 11) is 0. The van der Waals surface area contributed by atoms with E-state index in [2.05, 4.69) is 39.4 Å². The standard InChI is InChI=1S/C24H29N5O2S/c1-19(22(30)28-16-14-27(15-17-28)18-21-10-6-3-7-11-21)32-24-26-25-23(31)29(24)13-12-20-8-4-2-5-9-20/h2-11,19H,12-18H2,1H3,(H,25,31). The number of hydrogen-bond acceptors (Lipinski definition) is 5. The summed E-state index contributed by atoms with van der Waals surface area (Å²) in [6.45, 7) is 6.50. The molecule has 2 aromatic carbocycles. The predicted octanol–water partition coefficient (Wildman–Crippen LogP) is 2.64. The zero-order chi connectivity index (χ0) is 22.3. The Kier molecular flexibility index (Phi) is 7.44. The second-order valence-corrected chi connectivity index (χ2v) is 9.35. The molecule has 0 spiro atoms. The van der Waals surface area contributed by atoms with E-state index < -0.39 is 0 Å². The van der Waals surface area contributed by atoms with Gasteiger partial charge in [0.1, 0.15) is 0 Å². The zero-order valence-corrected chi connectivity index (χ0v) is 19.1. The molecule has 1 atom stereocenters. The Hall–Kier alpha value is -2.84. The molecule has 1 aliphatic heterocycles. The number of aryl methyl sites for hydroxylation is 1.